The van der Waals surface area contributed by atoms with E-state index in [4.69, 9.17) is 5.73 Å². The summed E-state index contributed by atoms with van der Waals surface area (Å²) in [6.07, 6.45) is 6.60. The number of nitrogens with two attached hydrogens (primary N) is 1. The molecule has 0 rings (SSSR count). The van der Waals surface area contributed by atoms with Crippen molar-refractivity contribution >= 4 is 0 Å². The van der Waals surface area contributed by atoms with Crippen LogP contribution in [0.2, 0.25) is 0 Å². The van der Waals surface area contributed by atoms with Gasteiger partial charge in [-0.2, -0.15) is 0 Å². The molecule has 0 aromatic carbocycles. The monoisotopic (exact) mass is 127 g/mol. The average molecular weight is 127 g/mol. The second kappa shape index (κ2) is 5.83. The molecule has 1 unspecified atom stereocenters. The lowest BCUT2D eigenvalue weighted by molar-refractivity contribution is 0.548. The van der Waals surface area contributed by atoms with Crippen LogP contribution in [0.15, 0.2) is 12.2 Å². The van der Waals surface area contributed by atoms with Crippen molar-refractivity contribution in [3.05, 3.63) is 12.2 Å². The standard InChI is InChI=1S/C8H17N/c1-3-4-5-8(2)6-7-9/h3-4,8H,5-7,9H2,1-2H3/b4-3-. The van der Waals surface area contributed by atoms with E-state index in [1.807, 2.05) is 0 Å². The van der Waals surface area contributed by atoms with Crippen molar-refractivity contribution in [2.75, 3.05) is 6.54 Å². The highest BCUT2D eigenvalue weighted by atomic mass is 14.5. The van der Waals surface area contributed by atoms with Gasteiger partial charge in [0, 0.05) is 0 Å². The fourth-order valence-electron chi connectivity index (χ4n) is 0.771. The van der Waals surface area contributed by atoms with Gasteiger partial charge in [-0.3, -0.25) is 0 Å². The molecule has 0 saturated carbocycles. The first-order valence-corrected chi connectivity index (χ1v) is 3.62. The van der Waals surface area contributed by atoms with E-state index in [-0.39, 0.29) is 0 Å². The Hall–Kier alpha value is -0.300. The molecule has 2 N–H and O–H groups in total. The molecule has 0 amide bonds. The van der Waals surface area contributed by atoms with E-state index in [2.05, 4.69) is 26.0 Å². The minimum Gasteiger partial charge on any atom is -0.330 e. The normalized spacial score (nSPS) is 14.6. The molecule has 0 aromatic rings. The Morgan fingerprint density at radius 1 is 1.56 bits per heavy atom. The lowest BCUT2D eigenvalue weighted by Crippen LogP contribution is -2.04. The quantitative estimate of drug-likeness (QED) is 0.574. The summed E-state index contributed by atoms with van der Waals surface area (Å²) in [7, 11) is 0. The summed E-state index contributed by atoms with van der Waals surface area (Å²) in [6, 6.07) is 0. The lowest BCUT2D eigenvalue weighted by atomic mass is 10.0. The fraction of sp³-hybridized carbons (Fsp3) is 0.750. The Morgan fingerprint density at radius 3 is 2.67 bits per heavy atom. The third-order valence-electron chi connectivity index (χ3n) is 1.43. The lowest BCUT2D eigenvalue weighted by Gasteiger charge is -2.04. The van der Waals surface area contributed by atoms with Crippen LogP contribution in [0.4, 0.5) is 0 Å². The van der Waals surface area contributed by atoms with Gasteiger partial charge in [0.2, 0.25) is 0 Å². The first-order valence-electron chi connectivity index (χ1n) is 3.62. The maximum atomic E-state index is 5.38. The van der Waals surface area contributed by atoms with Crippen LogP contribution < -0.4 is 5.73 Å². The van der Waals surface area contributed by atoms with Gasteiger partial charge in [-0.25, -0.2) is 0 Å². The van der Waals surface area contributed by atoms with Crippen molar-refractivity contribution in [1.29, 1.82) is 0 Å². The largest absolute Gasteiger partial charge is 0.330 e. The molecule has 0 aliphatic carbocycles. The van der Waals surface area contributed by atoms with Gasteiger partial charge in [0.15, 0.2) is 0 Å². The van der Waals surface area contributed by atoms with E-state index in [0.29, 0.717) is 0 Å². The summed E-state index contributed by atoms with van der Waals surface area (Å²) < 4.78 is 0. The summed E-state index contributed by atoms with van der Waals surface area (Å²) >= 11 is 0. The average Bonchev–Trinajstić information content (AvgIpc) is 1.85. The molecule has 0 heterocycles. The molecule has 0 aromatic heterocycles. The predicted octanol–water partition coefficient (Wildman–Crippen LogP) is 1.94. The molecule has 0 aliphatic rings. The van der Waals surface area contributed by atoms with Crippen LogP contribution in [-0.2, 0) is 0 Å². The van der Waals surface area contributed by atoms with E-state index in [9.17, 15) is 0 Å². The smallest absolute Gasteiger partial charge is 0.00746 e. The molecule has 0 aliphatic heterocycles. The van der Waals surface area contributed by atoms with Crippen molar-refractivity contribution in [1.82, 2.24) is 0 Å². The van der Waals surface area contributed by atoms with Crippen molar-refractivity contribution < 1.29 is 0 Å². The van der Waals surface area contributed by atoms with E-state index >= 15 is 0 Å². The first-order chi connectivity index (χ1) is 4.31. The molecular weight excluding hydrogens is 110 g/mol. The Kier molecular flexibility index (Phi) is 5.64. The predicted molar refractivity (Wildman–Crippen MR) is 42.3 cm³/mol. The number of allylic oxidation sites excluding steroid dienone is 2. The van der Waals surface area contributed by atoms with Crippen molar-refractivity contribution in [2.45, 2.75) is 26.7 Å². The highest BCUT2D eigenvalue weighted by molar-refractivity contribution is 4.78. The third-order valence-corrected chi connectivity index (χ3v) is 1.43. The summed E-state index contributed by atoms with van der Waals surface area (Å²) in [5.41, 5.74) is 5.38. The molecule has 1 heteroatoms. The minimum absolute atomic E-state index is 0.756. The van der Waals surface area contributed by atoms with Crippen LogP contribution in [0, 0.1) is 5.92 Å². The molecular formula is C8H17N. The zero-order valence-corrected chi connectivity index (χ0v) is 6.43. The summed E-state index contributed by atoms with van der Waals surface area (Å²) in [5, 5.41) is 0. The van der Waals surface area contributed by atoms with Crippen LogP contribution in [0.1, 0.15) is 26.7 Å². The maximum Gasteiger partial charge on any atom is -0.00746 e. The maximum absolute atomic E-state index is 5.38. The van der Waals surface area contributed by atoms with Crippen LogP contribution in [-0.4, -0.2) is 6.54 Å². The SMILES string of the molecule is C/C=C\CC(C)CCN. The molecule has 9 heavy (non-hydrogen) atoms. The van der Waals surface area contributed by atoms with Gasteiger partial charge in [-0.1, -0.05) is 19.1 Å². The third kappa shape index (κ3) is 5.57. The van der Waals surface area contributed by atoms with Gasteiger partial charge in [-0.05, 0) is 32.2 Å². The molecule has 54 valence electrons. The first kappa shape index (κ1) is 8.70. The Balaban J connectivity index is 3.15. The molecule has 0 saturated heterocycles. The van der Waals surface area contributed by atoms with E-state index in [1.54, 1.807) is 0 Å². The van der Waals surface area contributed by atoms with Gasteiger partial charge in [0.05, 0.1) is 0 Å². The fourth-order valence-corrected chi connectivity index (χ4v) is 0.771. The van der Waals surface area contributed by atoms with Crippen molar-refractivity contribution in [3.8, 4) is 0 Å². The highest BCUT2D eigenvalue weighted by Crippen LogP contribution is 2.05. The Labute approximate surface area is 57.9 Å². The van der Waals surface area contributed by atoms with Gasteiger partial charge in [-0.15, -0.1) is 0 Å². The van der Waals surface area contributed by atoms with Crippen LogP contribution in [0.25, 0.3) is 0 Å². The van der Waals surface area contributed by atoms with E-state index in [1.165, 1.54) is 6.42 Å². The van der Waals surface area contributed by atoms with Crippen LogP contribution in [0.3, 0.4) is 0 Å². The molecule has 1 atom stereocenters. The topological polar surface area (TPSA) is 26.0 Å². The minimum atomic E-state index is 0.756. The number of hydrogen-bond acceptors (Lipinski definition) is 1. The molecule has 0 spiro atoms. The summed E-state index contributed by atoms with van der Waals surface area (Å²) in [5.74, 6) is 0.756. The van der Waals surface area contributed by atoms with Gasteiger partial charge in [0.1, 0.15) is 0 Å². The second-order valence-electron chi connectivity index (χ2n) is 2.49. The van der Waals surface area contributed by atoms with Crippen LogP contribution in [0.5, 0.6) is 0 Å². The molecule has 0 bridgehead atoms. The Morgan fingerprint density at radius 2 is 2.22 bits per heavy atom. The van der Waals surface area contributed by atoms with Gasteiger partial charge < -0.3 is 5.73 Å². The second-order valence-corrected chi connectivity index (χ2v) is 2.49. The van der Waals surface area contributed by atoms with E-state index < -0.39 is 0 Å². The zero-order chi connectivity index (χ0) is 7.11. The molecule has 0 radical (unpaired) electrons. The van der Waals surface area contributed by atoms with Crippen molar-refractivity contribution in [2.24, 2.45) is 11.7 Å². The number of hydrogen-bond donors (Lipinski definition) is 1. The summed E-state index contributed by atoms with van der Waals surface area (Å²) in [4.78, 5) is 0. The zero-order valence-electron chi connectivity index (χ0n) is 6.43. The number of rotatable bonds is 4. The van der Waals surface area contributed by atoms with Crippen LogP contribution >= 0.6 is 0 Å². The highest BCUT2D eigenvalue weighted by Gasteiger charge is 1.94. The van der Waals surface area contributed by atoms with Gasteiger partial charge in [0.25, 0.3) is 0 Å². The molecule has 1 nitrogen and oxygen atoms in total. The summed E-state index contributed by atoms with van der Waals surface area (Å²) in [6.45, 7) is 5.10. The molecule has 0 fully saturated rings. The van der Waals surface area contributed by atoms with E-state index in [0.717, 1.165) is 18.9 Å². The Bertz CT molecular complexity index is 76.6. The van der Waals surface area contributed by atoms with Crippen molar-refractivity contribution in [3.63, 3.8) is 0 Å². The van der Waals surface area contributed by atoms with Gasteiger partial charge >= 0.3 is 0 Å².